The van der Waals surface area contributed by atoms with Gasteiger partial charge in [-0.1, -0.05) is 29.8 Å². The zero-order valence-electron chi connectivity index (χ0n) is 35.2. The number of nitrogens with zero attached hydrogens (tertiary/aromatic N) is 6. The van der Waals surface area contributed by atoms with Crippen LogP contribution in [-0.2, 0) is 34.5 Å². The number of piperidine rings is 2. The van der Waals surface area contributed by atoms with Crippen molar-refractivity contribution in [2.75, 3.05) is 81.9 Å². The molecule has 4 aliphatic heterocycles. The minimum Gasteiger partial charge on any atom is -0.494 e. The summed E-state index contributed by atoms with van der Waals surface area (Å²) in [6, 6.07) is 18.1. The van der Waals surface area contributed by atoms with E-state index in [0.29, 0.717) is 59.4 Å². The minimum absolute atomic E-state index is 0.0637. The van der Waals surface area contributed by atoms with E-state index in [1.807, 2.05) is 35.2 Å². The van der Waals surface area contributed by atoms with Crippen LogP contribution in [0.4, 0.5) is 28.8 Å². The van der Waals surface area contributed by atoms with Gasteiger partial charge in [0.05, 0.1) is 35.7 Å². The van der Waals surface area contributed by atoms with E-state index in [9.17, 15) is 23.7 Å². The third-order valence-corrected chi connectivity index (χ3v) is 15.3. The molecule has 1 aromatic heterocycles. The number of benzene rings is 3. The summed E-state index contributed by atoms with van der Waals surface area (Å²) in [5, 5.41) is 9.32. The third kappa shape index (κ3) is 9.52. The number of piperazine rings is 1. The number of carbonyl (C=O) groups is 4. The summed E-state index contributed by atoms with van der Waals surface area (Å²) < 4.78 is 29.4. The van der Waals surface area contributed by atoms with Gasteiger partial charge in [-0.05, 0) is 61.2 Å². The molecule has 4 amide bonds. The number of anilines is 5. The first-order valence-electron chi connectivity index (χ1n) is 20.7. The van der Waals surface area contributed by atoms with Crippen molar-refractivity contribution in [3.8, 4) is 5.75 Å². The maximum absolute atomic E-state index is 13.4. The van der Waals surface area contributed by atoms with Gasteiger partial charge >= 0.3 is 7.60 Å². The molecule has 4 aliphatic rings. The van der Waals surface area contributed by atoms with Gasteiger partial charge < -0.3 is 39.1 Å². The van der Waals surface area contributed by atoms with Crippen LogP contribution >= 0.6 is 31.0 Å². The maximum atomic E-state index is 13.4. The first-order chi connectivity index (χ1) is 30.5. The lowest BCUT2D eigenvalue weighted by Crippen LogP contribution is -2.54. The predicted molar refractivity (Wildman–Crippen MR) is 241 cm³/mol. The van der Waals surface area contributed by atoms with E-state index >= 15 is 0 Å². The molecule has 8 rings (SSSR count). The van der Waals surface area contributed by atoms with Gasteiger partial charge in [-0.3, -0.25) is 34.0 Å². The molecule has 63 heavy (non-hydrogen) atoms. The number of methoxy groups -OCH3 is 1. The van der Waals surface area contributed by atoms with Crippen LogP contribution in [0, 0.1) is 0 Å². The number of rotatable bonds is 14. The van der Waals surface area contributed by atoms with E-state index in [2.05, 4.69) is 35.7 Å². The Labute approximate surface area is 374 Å². The molecule has 332 valence electrons. The molecule has 1 atom stereocenters. The topological polar surface area (TPSA) is 188 Å². The van der Waals surface area contributed by atoms with Crippen LogP contribution in [0.2, 0.25) is 5.02 Å². The van der Waals surface area contributed by atoms with Gasteiger partial charge in [0.2, 0.25) is 23.7 Å². The van der Waals surface area contributed by atoms with Crippen molar-refractivity contribution in [2.45, 2.75) is 49.2 Å². The quantitative estimate of drug-likeness (QED) is 0.0828. The zero-order valence-corrected chi connectivity index (χ0v) is 37.6. The normalized spacial score (nSPS) is 18.6. The van der Waals surface area contributed by atoms with Crippen molar-refractivity contribution in [1.82, 2.24) is 30.0 Å². The number of halogens is 1. The summed E-state index contributed by atoms with van der Waals surface area (Å²) in [5.41, 5.74) is 3.54. The van der Waals surface area contributed by atoms with E-state index < -0.39 is 19.5 Å². The highest BCUT2D eigenvalue weighted by Gasteiger charge is 2.40. The van der Waals surface area contributed by atoms with E-state index in [-0.39, 0.29) is 47.4 Å². The van der Waals surface area contributed by atoms with Crippen LogP contribution in [-0.4, -0.2) is 127 Å². The molecule has 3 saturated heterocycles. The molecule has 3 aromatic carbocycles. The second-order valence-corrected chi connectivity index (χ2v) is 19.1. The van der Waals surface area contributed by atoms with E-state index in [1.165, 1.54) is 32.2 Å². The van der Waals surface area contributed by atoms with E-state index in [4.69, 9.17) is 25.4 Å². The minimum atomic E-state index is -3.58. The van der Waals surface area contributed by atoms with Crippen molar-refractivity contribution in [3.63, 3.8) is 0 Å². The number of carbonyl (C=O) groups excluding carboxylic acids is 4. The molecule has 3 N–H and O–H groups in total. The Bertz CT molecular complexity index is 2440. The fraction of sp³-hybridized carbons (Fsp3) is 0.395. The molecular weight excluding hydrogens is 869 g/mol. The van der Waals surface area contributed by atoms with Crippen molar-refractivity contribution < 1.29 is 37.5 Å². The SMILES string of the molecule is COc1cc(N2CCC(N3CCN(C(=O)CSc4cccc5c4CN(C4CCC(=O)NC4=O)C5=O)CC3)CC2)ccc1Nc1ncc(Cl)c(Nc2ccccc2P(=O)(OC)OC)n1. The summed E-state index contributed by atoms with van der Waals surface area (Å²) >= 11 is 7.91. The van der Waals surface area contributed by atoms with Crippen molar-refractivity contribution in [1.29, 1.82) is 0 Å². The molecule has 1 unspecified atom stereocenters. The standard InChI is InChI=1S/C43H49ClN9O8PS/c1-59-35-23-28(11-12-32(35)47-43-45-24-31(44)40(49-43)46-33-8-4-5-9-36(33)62(58,60-2)61-3)50-17-15-27(16-18-50)51-19-21-52(22-20-51)39(55)26-63-37-10-6-7-29-30(37)25-53(42(29)57)34-13-14-38(54)48-41(34)56/h4-12,23-24,27,34H,13-22,25-26H2,1-3H3,(H,48,54,56)(H2,45,46,47,49). The molecule has 0 radical (unpaired) electrons. The lowest BCUT2D eigenvalue weighted by atomic mass is 10.0. The number of fused-ring (bicyclic) bond motifs is 1. The largest absolute Gasteiger partial charge is 0.494 e. The van der Waals surface area contributed by atoms with Gasteiger partial charge in [0.1, 0.15) is 16.8 Å². The highest BCUT2D eigenvalue weighted by atomic mass is 35.5. The number of imide groups is 1. The number of amides is 4. The van der Waals surface area contributed by atoms with Crippen LogP contribution in [0.5, 0.6) is 5.75 Å². The van der Waals surface area contributed by atoms with E-state index in [0.717, 1.165) is 55.2 Å². The third-order valence-electron chi connectivity index (χ3n) is 12.0. The number of hydrogen-bond donors (Lipinski definition) is 3. The van der Waals surface area contributed by atoms with E-state index in [1.54, 1.807) is 42.3 Å². The Hall–Kier alpha value is -5.23. The first kappa shape index (κ1) is 44.4. The Kier molecular flexibility index (Phi) is 13.6. The lowest BCUT2D eigenvalue weighted by Gasteiger charge is -2.43. The average Bonchev–Trinajstić information content (AvgIpc) is 3.65. The summed E-state index contributed by atoms with van der Waals surface area (Å²) in [7, 11) is 0.692. The molecule has 3 fully saturated rings. The Morgan fingerprint density at radius 3 is 2.41 bits per heavy atom. The molecule has 20 heteroatoms. The highest BCUT2D eigenvalue weighted by molar-refractivity contribution is 8.00. The van der Waals surface area contributed by atoms with Crippen LogP contribution in [0.3, 0.4) is 0 Å². The zero-order chi connectivity index (χ0) is 44.3. The fourth-order valence-corrected chi connectivity index (χ4v) is 10.9. The van der Waals surface area contributed by atoms with Crippen LogP contribution in [0.25, 0.3) is 0 Å². The van der Waals surface area contributed by atoms with Crippen molar-refractivity contribution >= 4 is 88.7 Å². The van der Waals surface area contributed by atoms with Gasteiger partial charge in [-0.2, -0.15) is 4.98 Å². The van der Waals surface area contributed by atoms with Gasteiger partial charge in [-0.15, -0.1) is 11.8 Å². The fourth-order valence-electron chi connectivity index (χ4n) is 8.58. The predicted octanol–water partition coefficient (Wildman–Crippen LogP) is 5.40. The Morgan fingerprint density at radius 1 is 0.921 bits per heavy atom. The number of para-hydroxylation sites is 1. The lowest BCUT2D eigenvalue weighted by molar-refractivity contribution is -0.137. The average molecular weight is 918 g/mol. The number of hydrogen-bond acceptors (Lipinski definition) is 15. The molecular formula is C43H49ClN9O8PS. The highest BCUT2D eigenvalue weighted by Crippen LogP contribution is 2.47. The molecule has 0 saturated carbocycles. The molecule has 0 spiro atoms. The number of thioether (sulfide) groups is 1. The maximum Gasteiger partial charge on any atom is 0.362 e. The molecule has 17 nitrogen and oxygen atoms in total. The van der Waals surface area contributed by atoms with Crippen LogP contribution < -0.4 is 30.9 Å². The first-order valence-corrected chi connectivity index (χ1v) is 23.6. The molecule has 0 bridgehead atoms. The molecule has 4 aromatic rings. The second-order valence-electron chi connectivity index (χ2n) is 15.5. The molecule has 0 aliphatic carbocycles. The summed E-state index contributed by atoms with van der Waals surface area (Å²) in [6.45, 7) is 4.96. The van der Waals surface area contributed by atoms with Crippen LogP contribution in [0.1, 0.15) is 41.6 Å². The summed E-state index contributed by atoms with van der Waals surface area (Å²) in [4.78, 5) is 69.0. The molecule has 5 heterocycles. The monoisotopic (exact) mass is 917 g/mol. The Morgan fingerprint density at radius 2 is 1.68 bits per heavy atom. The summed E-state index contributed by atoms with van der Waals surface area (Å²) in [6.07, 6.45) is 3.95. The van der Waals surface area contributed by atoms with Crippen LogP contribution in [0.15, 0.2) is 71.8 Å². The van der Waals surface area contributed by atoms with Gasteiger partial charge in [0.25, 0.3) is 5.91 Å². The van der Waals surface area contributed by atoms with Gasteiger partial charge in [-0.25, -0.2) is 4.98 Å². The van der Waals surface area contributed by atoms with Crippen molar-refractivity contribution in [3.05, 3.63) is 83.0 Å². The number of nitrogens with one attached hydrogen (secondary N) is 3. The van der Waals surface area contributed by atoms with Gasteiger partial charge in [0.15, 0.2) is 5.82 Å². The second kappa shape index (κ2) is 19.3. The smallest absolute Gasteiger partial charge is 0.362 e. The Balaban J connectivity index is 0.816. The van der Waals surface area contributed by atoms with Crippen molar-refractivity contribution in [2.24, 2.45) is 0 Å². The number of aromatic nitrogens is 2. The summed E-state index contributed by atoms with van der Waals surface area (Å²) in [5.74, 6) is 0.520. The van der Waals surface area contributed by atoms with Gasteiger partial charge in [0, 0.05) is 94.7 Å². The number of ether oxygens (including phenoxy) is 1.